The first-order valence-corrected chi connectivity index (χ1v) is 6.50. The number of rotatable bonds is 3. The minimum Gasteiger partial charge on any atom is -0.507 e. The van der Waals surface area contributed by atoms with Gasteiger partial charge in [0.2, 0.25) is 0 Å². The Morgan fingerprint density at radius 2 is 1.74 bits per heavy atom. The predicted molar refractivity (Wildman–Crippen MR) is 78.9 cm³/mol. The van der Waals surface area contributed by atoms with Gasteiger partial charge in [-0.2, -0.15) is 0 Å². The third-order valence-corrected chi connectivity index (χ3v) is 3.46. The molecule has 0 amide bonds. The summed E-state index contributed by atoms with van der Waals surface area (Å²) in [7, 11) is 0. The van der Waals surface area contributed by atoms with Crippen LogP contribution in [0.3, 0.4) is 0 Å². The topological polar surface area (TPSA) is 45.1 Å². The Morgan fingerprint density at radius 1 is 1.11 bits per heavy atom. The average molecular weight is 277 g/mol. The lowest BCUT2D eigenvalue weighted by atomic mass is 10.1. The minimum absolute atomic E-state index is 0.368. The Labute approximate surface area is 118 Å². The number of nitrogens with one attached hydrogen (secondary N) is 1. The Balaban J connectivity index is 2.12. The number of hydrogen-bond donors (Lipinski definition) is 2. The van der Waals surface area contributed by atoms with Crippen LogP contribution in [0.5, 0.6) is 5.75 Å². The van der Waals surface area contributed by atoms with E-state index in [0.717, 1.165) is 27.9 Å². The van der Waals surface area contributed by atoms with Gasteiger partial charge in [0.15, 0.2) is 0 Å². The number of aryl methyl sites for hydroxylation is 3. The van der Waals surface area contributed by atoms with Gasteiger partial charge in [0, 0.05) is 6.54 Å². The van der Waals surface area contributed by atoms with Gasteiger partial charge >= 0.3 is 0 Å². The summed E-state index contributed by atoms with van der Waals surface area (Å²) in [5.41, 5.74) is 4.79. The Kier molecular flexibility index (Phi) is 3.96. The number of phenolic OH excluding ortho intramolecular Hbond substituents is 1. The van der Waals surface area contributed by atoms with E-state index in [2.05, 4.69) is 10.3 Å². The van der Waals surface area contributed by atoms with Gasteiger partial charge < -0.3 is 10.4 Å². The molecule has 1 aromatic carbocycles. The molecule has 4 heteroatoms. The zero-order valence-corrected chi connectivity index (χ0v) is 12.0. The van der Waals surface area contributed by atoms with E-state index >= 15 is 0 Å². The second-order valence-electron chi connectivity index (χ2n) is 4.76. The number of halogens is 1. The lowest BCUT2D eigenvalue weighted by molar-refractivity contribution is 0.466. The molecule has 19 heavy (non-hydrogen) atoms. The molecule has 2 aromatic rings. The fourth-order valence-corrected chi connectivity index (χ4v) is 2.11. The van der Waals surface area contributed by atoms with Gasteiger partial charge in [0.1, 0.15) is 10.9 Å². The van der Waals surface area contributed by atoms with Crippen molar-refractivity contribution in [2.75, 3.05) is 5.32 Å². The summed E-state index contributed by atoms with van der Waals surface area (Å²) >= 11 is 5.89. The van der Waals surface area contributed by atoms with Crippen LogP contribution in [-0.2, 0) is 6.54 Å². The van der Waals surface area contributed by atoms with E-state index in [1.165, 1.54) is 0 Å². The van der Waals surface area contributed by atoms with Crippen LogP contribution in [0.4, 0.5) is 5.69 Å². The van der Waals surface area contributed by atoms with Crippen LogP contribution in [-0.4, -0.2) is 10.1 Å². The van der Waals surface area contributed by atoms with E-state index in [1.54, 1.807) is 6.20 Å². The van der Waals surface area contributed by atoms with E-state index in [0.29, 0.717) is 17.4 Å². The SMILES string of the molecule is Cc1cc(NCc2cc(C)c(O)c(C)c2)cnc1Cl. The van der Waals surface area contributed by atoms with Crippen molar-refractivity contribution >= 4 is 17.3 Å². The van der Waals surface area contributed by atoms with Crippen molar-refractivity contribution in [1.82, 2.24) is 4.98 Å². The van der Waals surface area contributed by atoms with Crippen molar-refractivity contribution in [3.05, 3.63) is 51.8 Å². The summed E-state index contributed by atoms with van der Waals surface area (Å²) in [6.45, 7) is 6.42. The molecule has 1 heterocycles. The molecular formula is C15H17ClN2O. The van der Waals surface area contributed by atoms with Gasteiger partial charge in [-0.1, -0.05) is 23.7 Å². The summed E-state index contributed by atoms with van der Waals surface area (Å²) in [6, 6.07) is 5.92. The predicted octanol–water partition coefficient (Wildman–Crippen LogP) is 3.98. The molecular weight excluding hydrogens is 260 g/mol. The molecule has 0 unspecified atom stereocenters. The number of anilines is 1. The molecule has 0 saturated carbocycles. The smallest absolute Gasteiger partial charge is 0.132 e. The summed E-state index contributed by atoms with van der Waals surface area (Å²) < 4.78 is 0. The normalized spacial score (nSPS) is 10.5. The number of hydrogen-bond acceptors (Lipinski definition) is 3. The molecule has 0 fully saturated rings. The first kappa shape index (κ1) is 13.7. The molecule has 2 N–H and O–H groups in total. The van der Waals surface area contributed by atoms with Gasteiger partial charge in [-0.25, -0.2) is 4.98 Å². The molecule has 0 spiro atoms. The highest BCUT2D eigenvalue weighted by atomic mass is 35.5. The van der Waals surface area contributed by atoms with Crippen LogP contribution in [0.1, 0.15) is 22.3 Å². The third-order valence-electron chi connectivity index (χ3n) is 3.06. The number of phenols is 1. The maximum atomic E-state index is 9.74. The Hall–Kier alpha value is -1.74. The van der Waals surface area contributed by atoms with Crippen LogP contribution in [0.25, 0.3) is 0 Å². The highest BCUT2D eigenvalue weighted by Gasteiger charge is 2.04. The second-order valence-corrected chi connectivity index (χ2v) is 5.12. The molecule has 1 aromatic heterocycles. The second kappa shape index (κ2) is 5.49. The van der Waals surface area contributed by atoms with Crippen molar-refractivity contribution in [3.63, 3.8) is 0 Å². The molecule has 0 saturated heterocycles. The van der Waals surface area contributed by atoms with E-state index in [1.807, 2.05) is 39.0 Å². The van der Waals surface area contributed by atoms with E-state index in [4.69, 9.17) is 11.6 Å². The summed E-state index contributed by atoms with van der Waals surface area (Å²) in [5.74, 6) is 0.368. The van der Waals surface area contributed by atoms with Crippen LogP contribution in [0.2, 0.25) is 5.15 Å². The van der Waals surface area contributed by atoms with Gasteiger partial charge in [0.25, 0.3) is 0 Å². The van der Waals surface area contributed by atoms with Crippen molar-refractivity contribution in [3.8, 4) is 5.75 Å². The molecule has 3 nitrogen and oxygen atoms in total. The quantitative estimate of drug-likeness (QED) is 0.834. The van der Waals surface area contributed by atoms with Crippen LogP contribution in [0, 0.1) is 20.8 Å². The van der Waals surface area contributed by atoms with Gasteiger partial charge in [-0.05, 0) is 49.1 Å². The zero-order valence-electron chi connectivity index (χ0n) is 11.3. The molecule has 0 bridgehead atoms. The lowest BCUT2D eigenvalue weighted by Crippen LogP contribution is -2.01. The van der Waals surface area contributed by atoms with Gasteiger partial charge in [0.05, 0.1) is 11.9 Å². The maximum absolute atomic E-state index is 9.74. The summed E-state index contributed by atoms with van der Waals surface area (Å²) in [5, 5.41) is 13.6. The van der Waals surface area contributed by atoms with Crippen LogP contribution >= 0.6 is 11.6 Å². The number of pyridine rings is 1. The molecule has 0 radical (unpaired) electrons. The molecule has 0 atom stereocenters. The fourth-order valence-electron chi connectivity index (χ4n) is 2.01. The number of aromatic nitrogens is 1. The highest BCUT2D eigenvalue weighted by molar-refractivity contribution is 6.30. The molecule has 0 aliphatic rings. The standard InChI is InChI=1S/C15H17ClN2O/c1-9-4-12(5-10(2)14(9)19)7-17-13-6-11(3)15(16)18-8-13/h4-6,8,17,19H,7H2,1-3H3. The van der Waals surface area contributed by atoms with E-state index in [9.17, 15) is 5.11 Å². The largest absolute Gasteiger partial charge is 0.507 e. The third kappa shape index (κ3) is 3.18. The van der Waals surface area contributed by atoms with Crippen molar-refractivity contribution in [2.45, 2.75) is 27.3 Å². The Morgan fingerprint density at radius 3 is 2.32 bits per heavy atom. The summed E-state index contributed by atoms with van der Waals surface area (Å²) in [6.07, 6.45) is 1.72. The monoisotopic (exact) mass is 276 g/mol. The first-order chi connectivity index (χ1) is 8.97. The first-order valence-electron chi connectivity index (χ1n) is 6.12. The summed E-state index contributed by atoms with van der Waals surface area (Å²) in [4.78, 5) is 4.10. The molecule has 0 aliphatic heterocycles. The zero-order chi connectivity index (χ0) is 14.0. The van der Waals surface area contributed by atoms with E-state index < -0.39 is 0 Å². The molecule has 2 rings (SSSR count). The van der Waals surface area contributed by atoms with E-state index in [-0.39, 0.29) is 0 Å². The van der Waals surface area contributed by atoms with Gasteiger partial charge in [-0.15, -0.1) is 0 Å². The van der Waals surface area contributed by atoms with Crippen molar-refractivity contribution < 1.29 is 5.11 Å². The number of aromatic hydroxyl groups is 1. The van der Waals surface area contributed by atoms with Crippen molar-refractivity contribution in [1.29, 1.82) is 0 Å². The maximum Gasteiger partial charge on any atom is 0.132 e. The lowest BCUT2D eigenvalue weighted by Gasteiger charge is -2.10. The fraction of sp³-hybridized carbons (Fsp3) is 0.267. The van der Waals surface area contributed by atoms with Crippen molar-refractivity contribution in [2.24, 2.45) is 0 Å². The number of benzene rings is 1. The highest BCUT2D eigenvalue weighted by Crippen LogP contribution is 2.23. The number of nitrogens with zero attached hydrogens (tertiary/aromatic N) is 1. The average Bonchev–Trinajstić information content (AvgIpc) is 2.37. The molecule has 0 aliphatic carbocycles. The molecule has 100 valence electrons. The van der Waals surface area contributed by atoms with Gasteiger partial charge in [-0.3, -0.25) is 0 Å². The van der Waals surface area contributed by atoms with Crippen LogP contribution in [0.15, 0.2) is 24.4 Å². The minimum atomic E-state index is 0.368. The Bertz CT molecular complexity index is 588. The van der Waals surface area contributed by atoms with Crippen LogP contribution < -0.4 is 5.32 Å².